The highest BCUT2D eigenvalue weighted by atomic mass is 16.5. The normalized spacial score (nSPS) is 10.1. The highest BCUT2D eigenvalue weighted by Crippen LogP contribution is 2.11. The number of carbonyl (C=O) groups is 1. The Morgan fingerprint density at radius 2 is 1.17 bits per heavy atom. The third kappa shape index (κ3) is 21.3. The second-order valence-electron chi connectivity index (χ2n) is 5.75. The van der Waals surface area contributed by atoms with Crippen LogP contribution in [0, 0.1) is 0 Å². The van der Waals surface area contributed by atoms with Crippen LogP contribution in [-0.4, -0.2) is 69.7 Å². The summed E-state index contributed by atoms with van der Waals surface area (Å²) in [5.74, 6) is 0.0519. The predicted molar refractivity (Wildman–Crippen MR) is 95.0 cm³/mol. The van der Waals surface area contributed by atoms with Gasteiger partial charge in [-0.05, 0) is 6.42 Å². The zero-order chi connectivity index (χ0) is 18.6. The lowest BCUT2D eigenvalue weighted by molar-refractivity contribution is -0.132. The Labute approximate surface area is 146 Å². The van der Waals surface area contributed by atoms with E-state index in [1.165, 1.54) is 44.9 Å². The van der Waals surface area contributed by atoms with Crippen LogP contribution in [0.4, 0.5) is 0 Å². The monoisotopic (exact) mass is 349 g/mol. The summed E-state index contributed by atoms with van der Waals surface area (Å²) in [5.41, 5.74) is 0. The van der Waals surface area contributed by atoms with Crippen molar-refractivity contribution in [2.45, 2.75) is 71.1 Å². The van der Waals surface area contributed by atoms with Crippen molar-refractivity contribution in [3.05, 3.63) is 0 Å². The molecule has 8 heteroatoms. The molecule has 0 bridgehead atoms. The van der Waals surface area contributed by atoms with Crippen LogP contribution >= 0.6 is 0 Å². The summed E-state index contributed by atoms with van der Waals surface area (Å²) in [6, 6.07) is 0. The summed E-state index contributed by atoms with van der Waals surface area (Å²) in [5, 5.41) is 39.2. The number of amides is 1. The molecule has 0 rings (SSSR count). The molecule has 24 heavy (non-hydrogen) atoms. The Bertz CT molecular complexity index is 260. The molecule has 1 amide bonds. The molecule has 0 aliphatic carbocycles. The average molecular weight is 349 g/mol. The van der Waals surface area contributed by atoms with Crippen LogP contribution < -0.4 is 0 Å². The molecule has 0 unspecified atom stereocenters. The molecule has 0 heterocycles. The van der Waals surface area contributed by atoms with Gasteiger partial charge in [0, 0.05) is 19.5 Å². The molecule has 0 aliphatic heterocycles. The van der Waals surface area contributed by atoms with Crippen molar-refractivity contribution in [3.8, 4) is 0 Å². The Hall–Kier alpha value is -0.665. The van der Waals surface area contributed by atoms with Gasteiger partial charge in [-0.3, -0.25) is 4.79 Å². The molecule has 0 saturated heterocycles. The topological polar surface area (TPSA) is 121 Å². The van der Waals surface area contributed by atoms with Gasteiger partial charge in [0.1, 0.15) is 0 Å². The Morgan fingerprint density at radius 1 is 0.792 bits per heavy atom. The van der Waals surface area contributed by atoms with Gasteiger partial charge in [-0.15, -0.1) is 0 Å². The fourth-order valence-corrected chi connectivity index (χ4v) is 2.35. The highest BCUT2D eigenvalue weighted by molar-refractivity contribution is 6.30. The van der Waals surface area contributed by atoms with E-state index in [4.69, 9.17) is 25.3 Å². The maximum Gasteiger partial charge on any atom is 0.631 e. The zero-order valence-electron chi connectivity index (χ0n) is 15.1. The van der Waals surface area contributed by atoms with Gasteiger partial charge in [-0.25, -0.2) is 0 Å². The van der Waals surface area contributed by atoms with Crippen LogP contribution in [0.3, 0.4) is 0 Å². The van der Waals surface area contributed by atoms with Crippen molar-refractivity contribution < 1.29 is 30.1 Å². The summed E-state index contributed by atoms with van der Waals surface area (Å²) >= 11 is 0. The number of rotatable bonds is 14. The second-order valence-corrected chi connectivity index (χ2v) is 5.75. The van der Waals surface area contributed by atoms with Gasteiger partial charge in [0.2, 0.25) is 5.91 Å². The van der Waals surface area contributed by atoms with Crippen LogP contribution in [-0.2, 0) is 4.79 Å². The Balaban J connectivity index is 0. The SMILES string of the molecule is CCCCCCCCCCCC(=O)N(CCO)CCO.OB(O)O. The van der Waals surface area contributed by atoms with Crippen molar-refractivity contribution >= 4 is 13.2 Å². The summed E-state index contributed by atoms with van der Waals surface area (Å²) in [6.07, 6.45) is 11.7. The van der Waals surface area contributed by atoms with Crippen LogP contribution in [0.5, 0.6) is 0 Å². The second kappa shape index (κ2) is 20.4. The van der Waals surface area contributed by atoms with E-state index in [9.17, 15) is 4.79 Å². The number of hydrogen-bond donors (Lipinski definition) is 5. The van der Waals surface area contributed by atoms with Crippen LogP contribution in [0.15, 0.2) is 0 Å². The van der Waals surface area contributed by atoms with Crippen molar-refractivity contribution in [2.24, 2.45) is 0 Å². The van der Waals surface area contributed by atoms with Crippen LogP contribution in [0.25, 0.3) is 0 Å². The van der Waals surface area contributed by atoms with E-state index in [2.05, 4.69) is 6.92 Å². The van der Waals surface area contributed by atoms with Crippen molar-refractivity contribution in [2.75, 3.05) is 26.3 Å². The summed E-state index contributed by atoms with van der Waals surface area (Å²) in [6.45, 7) is 2.81. The number of aliphatic hydroxyl groups is 2. The van der Waals surface area contributed by atoms with E-state index < -0.39 is 7.32 Å². The van der Waals surface area contributed by atoms with Gasteiger partial charge >= 0.3 is 7.32 Å². The zero-order valence-corrected chi connectivity index (χ0v) is 15.1. The molecule has 0 fully saturated rings. The number of hydrogen-bond acceptors (Lipinski definition) is 6. The average Bonchev–Trinajstić information content (AvgIpc) is 2.52. The van der Waals surface area contributed by atoms with Crippen molar-refractivity contribution in [1.29, 1.82) is 0 Å². The highest BCUT2D eigenvalue weighted by Gasteiger charge is 2.11. The molecule has 0 aromatic carbocycles. The van der Waals surface area contributed by atoms with Gasteiger partial charge in [-0.2, -0.15) is 0 Å². The Kier molecular flexibility index (Phi) is 21.7. The standard InChI is InChI=1S/C16H33NO3.BH3O3/c1-2-3-4-5-6-7-8-9-10-11-16(20)17(12-14-18)13-15-19;2-1(3)4/h18-19H,2-15H2,1H3;2-4H. The van der Waals surface area contributed by atoms with Crippen molar-refractivity contribution in [3.63, 3.8) is 0 Å². The molecule has 144 valence electrons. The molecule has 5 N–H and O–H groups in total. The molecule has 0 aromatic heterocycles. The third-order valence-corrected chi connectivity index (χ3v) is 3.59. The first-order valence-electron chi connectivity index (χ1n) is 9.03. The minimum atomic E-state index is -2.17. The summed E-state index contributed by atoms with van der Waals surface area (Å²) < 4.78 is 0. The summed E-state index contributed by atoms with van der Waals surface area (Å²) in [4.78, 5) is 13.4. The van der Waals surface area contributed by atoms with Gasteiger partial charge in [-0.1, -0.05) is 58.3 Å². The minimum absolute atomic E-state index is 0.0382. The predicted octanol–water partition coefficient (Wildman–Crippen LogP) is 0.669. The van der Waals surface area contributed by atoms with Gasteiger partial charge < -0.3 is 30.2 Å². The van der Waals surface area contributed by atoms with Gasteiger partial charge in [0.05, 0.1) is 13.2 Å². The fraction of sp³-hybridized carbons (Fsp3) is 0.938. The molecule has 0 saturated carbocycles. The molecule has 0 spiro atoms. The smallest absolute Gasteiger partial charge is 0.402 e. The molecule has 0 aliphatic rings. The van der Waals surface area contributed by atoms with Crippen molar-refractivity contribution in [1.82, 2.24) is 4.90 Å². The molecular weight excluding hydrogens is 313 g/mol. The quantitative estimate of drug-likeness (QED) is 0.232. The van der Waals surface area contributed by atoms with Crippen LogP contribution in [0.2, 0.25) is 0 Å². The maximum atomic E-state index is 11.8. The first-order valence-corrected chi connectivity index (χ1v) is 9.03. The van der Waals surface area contributed by atoms with E-state index in [0.717, 1.165) is 12.8 Å². The first kappa shape index (κ1) is 25.6. The van der Waals surface area contributed by atoms with E-state index in [1.807, 2.05) is 0 Å². The van der Waals surface area contributed by atoms with Gasteiger partial charge in [0.15, 0.2) is 0 Å². The molecular formula is C16H36BNO6. The molecule has 0 atom stereocenters. The Morgan fingerprint density at radius 3 is 1.54 bits per heavy atom. The molecule has 0 aromatic rings. The number of nitrogens with zero attached hydrogens (tertiary/aromatic N) is 1. The van der Waals surface area contributed by atoms with E-state index in [0.29, 0.717) is 19.5 Å². The van der Waals surface area contributed by atoms with Crippen LogP contribution in [0.1, 0.15) is 71.1 Å². The maximum absolute atomic E-state index is 11.8. The lowest BCUT2D eigenvalue weighted by Gasteiger charge is -2.20. The fourth-order valence-electron chi connectivity index (χ4n) is 2.35. The van der Waals surface area contributed by atoms with E-state index in [1.54, 1.807) is 4.90 Å². The number of aliphatic hydroxyl groups excluding tert-OH is 2. The number of unbranched alkanes of at least 4 members (excludes halogenated alkanes) is 8. The largest absolute Gasteiger partial charge is 0.631 e. The van der Waals surface area contributed by atoms with E-state index >= 15 is 0 Å². The summed E-state index contributed by atoms with van der Waals surface area (Å²) in [7, 11) is -2.17. The lowest BCUT2D eigenvalue weighted by atomic mass is 10.1. The lowest BCUT2D eigenvalue weighted by Crippen LogP contribution is -2.35. The minimum Gasteiger partial charge on any atom is -0.402 e. The molecule has 7 nitrogen and oxygen atoms in total. The van der Waals surface area contributed by atoms with E-state index in [-0.39, 0.29) is 19.1 Å². The third-order valence-electron chi connectivity index (χ3n) is 3.59. The molecule has 0 radical (unpaired) electrons. The number of carbonyl (C=O) groups excluding carboxylic acids is 1. The van der Waals surface area contributed by atoms with Gasteiger partial charge in [0.25, 0.3) is 0 Å². The first-order chi connectivity index (χ1) is 11.5.